The van der Waals surface area contributed by atoms with Crippen LogP contribution >= 0.6 is 11.3 Å². The smallest absolute Gasteiger partial charge is 0.227 e. The van der Waals surface area contributed by atoms with Crippen LogP contribution in [0.2, 0.25) is 0 Å². The number of benzene rings is 2. The number of carbonyl (C=O) groups is 1. The molecule has 1 fully saturated rings. The van der Waals surface area contributed by atoms with Gasteiger partial charge < -0.3 is 4.90 Å². The van der Waals surface area contributed by atoms with Gasteiger partial charge in [0.15, 0.2) is 9.84 Å². The Balaban J connectivity index is 1.36. The van der Waals surface area contributed by atoms with Gasteiger partial charge in [0.25, 0.3) is 0 Å². The summed E-state index contributed by atoms with van der Waals surface area (Å²) in [5.74, 6) is 0.203. The second kappa shape index (κ2) is 9.10. The van der Waals surface area contributed by atoms with Crippen LogP contribution in [0.25, 0.3) is 10.1 Å². The van der Waals surface area contributed by atoms with Gasteiger partial charge in [-0.3, -0.25) is 9.69 Å². The van der Waals surface area contributed by atoms with E-state index < -0.39 is 9.84 Å². The van der Waals surface area contributed by atoms with E-state index in [1.54, 1.807) is 23.5 Å². The van der Waals surface area contributed by atoms with Crippen LogP contribution < -0.4 is 0 Å². The van der Waals surface area contributed by atoms with Crippen molar-refractivity contribution in [3.05, 3.63) is 64.5 Å². The van der Waals surface area contributed by atoms with Crippen LogP contribution in [0.5, 0.6) is 0 Å². The Kier molecular flexibility index (Phi) is 6.46. The molecule has 164 valence electrons. The highest BCUT2D eigenvalue weighted by Gasteiger charge is 2.21. The Morgan fingerprint density at radius 2 is 1.74 bits per heavy atom. The fourth-order valence-electron chi connectivity index (χ4n) is 4.12. The third-order valence-electron chi connectivity index (χ3n) is 5.95. The number of amides is 1. The maximum absolute atomic E-state index is 13.0. The first-order valence-corrected chi connectivity index (χ1v) is 13.3. The quantitative estimate of drug-likeness (QED) is 0.585. The molecule has 4 rings (SSSR count). The van der Waals surface area contributed by atoms with Gasteiger partial charge in [-0.1, -0.05) is 30.3 Å². The number of hydrogen-bond acceptors (Lipinski definition) is 5. The number of fused-ring (bicyclic) bond motifs is 1. The lowest BCUT2D eigenvalue weighted by Crippen LogP contribution is -2.36. The van der Waals surface area contributed by atoms with Gasteiger partial charge in [0.2, 0.25) is 5.91 Å². The highest BCUT2D eigenvalue weighted by atomic mass is 32.2. The minimum Gasteiger partial charge on any atom is -0.341 e. The van der Waals surface area contributed by atoms with Crippen molar-refractivity contribution in [3.63, 3.8) is 0 Å². The fourth-order valence-corrected chi connectivity index (χ4v) is 5.95. The Hall–Kier alpha value is -2.22. The van der Waals surface area contributed by atoms with E-state index in [0.717, 1.165) is 44.7 Å². The summed E-state index contributed by atoms with van der Waals surface area (Å²) in [6.45, 7) is 6.14. The molecule has 3 aromatic rings. The normalized spacial score (nSPS) is 15.9. The van der Waals surface area contributed by atoms with E-state index in [4.69, 9.17) is 0 Å². The predicted molar refractivity (Wildman–Crippen MR) is 126 cm³/mol. The first kappa shape index (κ1) is 22.0. The van der Waals surface area contributed by atoms with E-state index in [2.05, 4.69) is 24.0 Å². The molecule has 0 unspecified atom stereocenters. The maximum atomic E-state index is 13.0. The molecule has 1 aliphatic heterocycles. The minimum absolute atomic E-state index is 0.203. The zero-order chi connectivity index (χ0) is 22.0. The monoisotopic (exact) mass is 456 g/mol. The number of hydrogen-bond donors (Lipinski definition) is 0. The Morgan fingerprint density at radius 1 is 1.00 bits per heavy atom. The molecule has 5 nitrogen and oxygen atoms in total. The summed E-state index contributed by atoms with van der Waals surface area (Å²) in [6.07, 6.45) is 2.64. The number of thiophene rings is 1. The van der Waals surface area contributed by atoms with Crippen molar-refractivity contribution in [1.29, 1.82) is 0 Å². The van der Waals surface area contributed by atoms with Crippen molar-refractivity contribution in [3.8, 4) is 0 Å². The Bertz CT molecular complexity index is 1180. The maximum Gasteiger partial charge on any atom is 0.227 e. The largest absolute Gasteiger partial charge is 0.341 e. The number of rotatable bonds is 5. The molecule has 2 heterocycles. The highest BCUT2D eigenvalue weighted by molar-refractivity contribution is 7.90. The molecule has 0 N–H and O–H groups in total. The molecule has 0 spiro atoms. The molecule has 31 heavy (non-hydrogen) atoms. The topological polar surface area (TPSA) is 57.7 Å². The van der Waals surface area contributed by atoms with E-state index in [1.807, 2.05) is 29.2 Å². The van der Waals surface area contributed by atoms with Crippen molar-refractivity contribution in [1.82, 2.24) is 9.80 Å². The van der Waals surface area contributed by atoms with E-state index >= 15 is 0 Å². The predicted octanol–water partition coefficient (Wildman–Crippen LogP) is 3.89. The zero-order valence-corrected chi connectivity index (χ0v) is 19.6. The molecule has 0 aliphatic carbocycles. The number of sulfone groups is 1. The summed E-state index contributed by atoms with van der Waals surface area (Å²) in [5.41, 5.74) is 2.32. The average molecular weight is 457 g/mol. The highest BCUT2D eigenvalue weighted by Crippen LogP contribution is 2.31. The zero-order valence-electron chi connectivity index (χ0n) is 18.0. The molecule has 7 heteroatoms. The van der Waals surface area contributed by atoms with Gasteiger partial charge in [0, 0.05) is 48.6 Å². The summed E-state index contributed by atoms with van der Waals surface area (Å²) in [4.78, 5) is 18.9. The van der Waals surface area contributed by atoms with Crippen LogP contribution in [0.15, 0.2) is 53.4 Å². The van der Waals surface area contributed by atoms with Crippen LogP contribution in [-0.2, 0) is 27.6 Å². The van der Waals surface area contributed by atoms with Crippen LogP contribution in [-0.4, -0.2) is 56.6 Å². The summed E-state index contributed by atoms with van der Waals surface area (Å²) in [7, 11) is -3.17. The number of aryl methyl sites for hydroxylation is 1. The molecular weight excluding hydrogens is 428 g/mol. The average Bonchev–Trinajstić information content (AvgIpc) is 2.90. The van der Waals surface area contributed by atoms with Gasteiger partial charge in [-0.05, 0) is 48.1 Å². The van der Waals surface area contributed by atoms with Crippen LogP contribution in [0.1, 0.15) is 22.4 Å². The van der Waals surface area contributed by atoms with Gasteiger partial charge in [0.05, 0.1) is 11.3 Å². The molecule has 2 aromatic carbocycles. The van der Waals surface area contributed by atoms with Crippen molar-refractivity contribution in [2.24, 2.45) is 0 Å². The van der Waals surface area contributed by atoms with Crippen LogP contribution in [0.3, 0.4) is 0 Å². The van der Waals surface area contributed by atoms with E-state index in [0.29, 0.717) is 11.3 Å². The first-order valence-electron chi connectivity index (χ1n) is 10.6. The lowest BCUT2D eigenvalue weighted by molar-refractivity contribution is -0.130. The third kappa shape index (κ3) is 5.17. The number of carbonyl (C=O) groups excluding carboxylic acids is 1. The summed E-state index contributed by atoms with van der Waals surface area (Å²) in [6, 6.07) is 15.4. The van der Waals surface area contributed by atoms with E-state index in [9.17, 15) is 13.2 Å². The van der Waals surface area contributed by atoms with Gasteiger partial charge in [-0.15, -0.1) is 11.3 Å². The SMILES string of the molecule is Cc1c(CC(=O)N2CCCN(Cc3ccc(S(C)(=O)=O)cc3)CC2)sc2ccccc12. The Morgan fingerprint density at radius 3 is 2.45 bits per heavy atom. The second-order valence-corrected chi connectivity index (χ2v) is 11.4. The first-order chi connectivity index (χ1) is 14.8. The van der Waals surface area contributed by atoms with Gasteiger partial charge in [0.1, 0.15) is 0 Å². The molecule has 1 amide bonds. The molecule has 1 saturated heterocycles. The summed E-state index contributed by atoms with van der Waals surface area (Å²) in [5, 5.41) is 1.25. The molecular formula is C24H28N2O3S2. The van der Waals surface area contributed by atoms with Crippen LogP contribution in [0, 0.1) is 6.92 Å². The standard InChI is InChI=1S/C24H28N2O3S2/c1-18-21-6-3-4-7-22(21)30-23(18)16-24(27)26-13-5-12-25(14-15-26)17-19-8-10-20(11-9-19)31(2,28)29/h3-4,6-11H,5,12-17H2,1-2H3. The fraction of sp³-hybridized carbons (Fsp3) is 0.375. The molecule has 0 atom stereocenters. The van der Waals surface area contributed by atoms with Crippen molar-refractivity contribution in [2.45, 2.75) is 31.2 Å². The van der Waals surface area contributed by atoms with Crippen molar-refractivity contribution in [2.75, 3.05) is 32.4 Å². The van der Waals surface area contributed by atoms with Gasteiger partial charge >= 0.3 is 0 Å². The lowest BCUT2D eigenvalue weighted by atomic mass is 10.1. The summed E-state index contributed by atoms with van der Waals surface area (Å²) >= 11 is 1.73. The van der Waals surface area contributed by atoms with Crippen molar-refractivity contribution < 1.29 is 13.2 Å². The Labute approximate surface area is 188 Å². The van der Waals surface area contributed by atoms with E-state index in [-0.39, 0.29) is 5.91 Å². The molecule has 0 radical (unpaired) electrons. The van der Waals surface area contributed by atoms with Gasteiger partial charge in [-0.25, -0.2) is 8.42 Å². The van der Waals surface area contributed by atoms with E-state index in [1.165, 1.54) is 26.8 Å². The number of nitrogens with zero attached hydrogens (tertiary/aromatic N) is 2. The molecule has 0 bridgehead atoms. The molecule has 1 aliphatic rings. The lowest BCUT2D eigenvalue weighted by Gasteiger charge is -2.22. The third-order valence-corrected chi connectivity index (χ3v) is 8.35. The summed E-state index contributed by atoms with van der Waals surface area (Å²) < 4.78 is 24.5. The second-order valence-electron chi connectivity index (χ2n) is 8.25. The van der Waals surface area contributed by atoms with Crippen LogP contribution in [0.4, 0.5) is 0 Å². The molecule has 0 saturated carbocycles. The minimum atomic E-state index is -3.17. The molecule has 1 aromatic heterocycles. The van der Waals surface area contributed by atoms with Gasteiger partial charge in [-0.2, -0.15) is 0 Å². The van der Waals surface area contributed by atoms with Crippen molar-refractivity contribution >= 4 is 37.2 Å².